The highest BCUT2D eigenvalue weighted by atomic mass is 127. The van der Waals surface area contributed by atoms with Gasteiger partial charge in [-0.2, -0.15) is 18.3 Å². The van der Waals surface area contributed by atoms with Crippen LogP contribution in [0.2, 0.25) is 0 Å². The first-order valence-electron chi connectivity index (χ1n) is 11.1. The van der Waals surface area contributed by atoms with Gasteiger partial charge < -0.3 is 10.1 Å². The smallest absolute Gasteiger partial charge is 0.416 e. The number of rotatable bonds is 9. The second-order valence-corrected chi connectivity index (χ2v) is 11.8. The monoisotopic (exact) mass is 792 g/mol. The minimum atomic E-state index is -4.44. The summed E-state index contributed by atoms with van der Waals surface area (Å²) < 4.78 is 47.3. The average molecular weight is 794 g/mol. The fourth-order valence-corrected chi connectivity index (χ4v) is 6.02. The van der Waals surface area contributed by atoms with Crippen LogP contribution in [-0.2, 0) is 24.0 Å². The van der Waals surface area contributed by atoms with E-state index in [1.165, 1.54) is 29.7 Å². The van der Waals surface area contributed by atoms with Gasteiger partial charge in [-0.1, -0.05) is 34.1 Å². The summed E-state index contributed by atoms with van der Waals surface area (Å²) in [4.78, 5) is 16.6. The number of hydrazone groups is 1. The number of benzene rings is 3. The van der Waals surface area contributed by atoms with E-state index in [0.29, 0.717) is 23.2 Å². The van der Waals surface area contributed by atoms with E-state index in [0.717, 1.165) is 35.8 Å². The molecule has 1 aromatic heterocycles. The summed E-state index contributed by atoms with van der Waals surface area (Å²) in [7, 11) is 0. The van der Waals surface area contributed by atoms with Gasteiger partial charge in [0.2, 0.25) is 5.91 Å². The summed E-state index contributed by atoms with van der Waals surface area (Å²) in [6.45, 7) is 0.416. The van der Waals surface area contributed by atoms with Gasteiger partial charge in [0, 0.05) is 15.5 Å². The number of aromatic nitrogens is 1. The second-order valence-electron chi connectivity index (χ2n) is 8.05. The Morgan fingerprint density at radius 3 is 2.62 bits per heavy atom. The predicted octanol–water partition coefficient (Wildman–Crippen LogP) is 8.31. The number of nitrogens with one attached hydrogen (secondary N) is 2. The molecule has 13 heteroatoms. The number of hydrogen-bond acceptors (Lipinski definition) is 6. The molecule has 0 aliphatic heterocycles. The molecule has 0 radical (unpaired) electrons. The minimum Gasteiger partial charge on any atom is -0.487 e. The predicted molar refractivity (Wildman–Crippen MR) is 162 cm³/mol. The van der Waals surface area contributed by atoms with Crippen LogP contribution in [0.15, 0.2) is 80.1 Å². The fraction of sp³-hybridized carbons (Fsp3) is 0.115. The highest BCUT2D eigenvalue weighted by Crippen LogP contribution is 2.33. The number of carbonyl (C=O) groups excluding carboxylic acids is 1. The van der Waals surface area contributed by atoms with Crippen LogP contribution in [0.5, 0.6) is 5.75 Å². The van der Waals surface area contributed by atoms with Crippen molar-refractivity contribution in [2.24, 2.45) is 5.10 Å². The lowest BCUT2D eigenvalue weighted by Gasteiger charge is -2.11. The molecule has 202 valence electrons. The van der Waals surface area contributed by atoms with E-state index in [4.69, 9.17) is 4.74 Å². The molecular weight excluding hydrogens is 776 g/mol. The Balaban J connectivity index is 1.29. The zero-order valence-corrected chi connectivity index (χ0v) is 25.9. The third-order valence-corrected chi connectivity index (χ3v) is 7.78. The lowest BCUT2D eigenvalue weighted by molar-refractivity contribution is -0.137. The van der Waals surface area contributed by atoms with Gasteiger partial charge in [-0.3, -0.25) is 4.79 Å². The topological polar surface area (TPSA) is 75.6 Å². The first-order valence-corrected chi connectivity index (χ1v) is 14.7. The Hall–Kier alpha value is -2.49. The van der Waals surface area contributed by atoms with E-state index in [1.54, 1.807) is 5.38 Å². The van der Waals surface area contributed by atoms with Gasteiger partial charge in [-0.05, 0) is 92.1 Å². The van der Waals surface area contributed by atoms with Crippen molar-refractivity contribution in [1.82, 2.24) is 10.4 Å². The standard InChI is InChI=1S/C26H18Br2F3IN4O2S/c27-18-6-4-15(5-7-18)13-38-24-21(28)8-16(9-22(24)32)12-33-36-23(37)11-20-14-39-25(35-20)34-19-3-1-2-17(10-19)26(29,30)31/h1-10,12,14H,11,13H2,(H,34,35)(H,36,37)/b33-12-. The van der Waals surface area contributed by atoms with Gasteiger partial charge in [0.1, 0.15) is 12.4 Å². The number of ether oxygens (including phenoxy) is 1. The maximum Gasteiger partial charge on any atom is 0.416 e. The molecule has 6 nitrogen and oxygen atoms in total. The molecule has 0 aliphatic carbocycles. The van der Waals surface area contributed by atoms with E-state index >= 15 is 0 Å². The molecule has 0 aliphatic rings. The van der Waals surface area contributed by atoms with E-state index in [-0.39, 0.29) is 18.0 Å². The van der Waals surface area contributed by atoms with Crippen molar-refractivity contribution in [2.45, 2.75) is 19.2 Å². The van der Waals surface area contributed by atoms with Crippen molar-refractivity contribution in [1.29, 1.82) is 0 Å². The van der Waals surface area contributed by atoms with Crippen LogP contribution < -0.4 is 15.5 Å². The van der Waals surface area contributed by atoms with Crippen LogP contribution >= 0.6 is 65.8 Å². The first kappa shape index (κ1) is 29.5. The van der Waals surface area contributed by atoms with Crippen molar-refractivity contribution in [3.05, 3.63) is 101 Å². The molecule has 0 fully saturated rings. The molecule has 0 spiro atoms. The van der Waals surface area contributed by atoms with Gasteiger partial charge in [-0.25, -0.2) is 10.4 Å². The molecule has 0 unspecified atom stereocenters. The summed E-state index contributed by atoms with van der Waals surface area (Å²) in [6, 6.07) is 16.4. The molecule has 4 rings (SSSR count). The maximum absolute atomic E-state index is 12.9. The normalized spacial score (nSPS) is 11.5. The highest BCUT2D eigenvalue weighted by molar-refractivity contribution is 14.1. The van der Waals surface area contributed by atoms with Gasteiger partial charge >= 0.3 is 6.18 Å². The Morgan fingerprint density at radius 2 is 1.90 bits per heavy atom. The number of nitrogens with zero attached hydrogens (tertiary/aromatic N) is 2. The van der Waals surface area contributed by atoms with E-state index in [2.05, 4.69) is 75.3 Å². The molecule has 39 heavy (non-hydrogen) atoms. The third kappa shape index (κ3) is 8.75. The summed E-state index contributed by atoms with van der Waals surface area (Å²) in [5, 5.41) is 8.89. The largest absolute Gasteiger partial charge is 0.487 e. The number of amides is 1. The molecule has 4 aromatic rings. The van der Waals surface area contributed by atoms with Crippen LogP contribution in [0.25, 0.3) is 0 Å². The van der Waals surface area contributed by atoms with Gasteiger partial charge in [0.05, 0.1) is 31.9 Å². The van der Waals surface area contributed by atoms with Crippen LogP contribution in [-0.4, -0.2) is 17.1 Å². The Kier molecular flexibility index (Phi) is 10.0. The third-order valence-electron chi connectivity index (χ3n) is 5.05. The number of carbonyl (C=O) groups is 1. The van der Waals surface area contributed by atoms with Gasteiger partial charge in [0.25, 0.3) is 0 Å². The molecule has 0 atom stereocenters. The summed E-state index contributed by atoms with van der Waals surface area (Å²) >= 11 is 10.3. The minimum absolute atomic E-state index is 0.0395. The summed E-state index contributed by atoms with van der Waals surface area (Å²) in [6.07, 6.45) is -2.96. The molecule has 0 saturated heterocycles. The maximum atomic E-state index is 12.9. The first-order chi connectivity index (χ1) is 18.6. The molecule has 0 bridgehead atoms. The van der Waals surface area contributed by atoms with Crippen LogP contribution in [0.3, 0.4) is 0 Å². The average Bonchev–Trinajstić information content (AvgIpc) is 3.30. The van der Waals surface area contributed by atoms with Gasteiger partial charge in [-0.15, -0.1) is 11.3 Å². The van der Waals surface area contributed by atoms with Crippen molar-refractivity contribution in [2.75, 3.05) is 5.32 Å². The number of anilines is 2. The lowest BCUT2D eigenvalue weighted by atomic mass is 10.2. The van der Waals surface area contributed by atoms with Crippen molar-refractivity contribution in [3.8, 4) is 5.75 Å². The van der Waals surface area contributed by atoms with E-state index in [9.17, 15) is 18.0 Å². The molecule has 0 saturated carbocycles. The second kappa shape index (κ2) is 13.2. The molecule has 1 amide bonds. The van der Waals surface area contributed by atoms with E-state index in [1.807, 2.05) is 36.4 Å². The lowest BCUT2D eigenvalue weighted by Crippen LogP contribution is -2.20. The number of alkyl halides is 3. The zero-order chi connectivity index (χ0) is 28.0. The van der Waals surface area contributed by atoms with Crippen molar-refractivity contribution in [3.63, 3.8) is 0 Å². The SMILES string of the molecule is O=C(Cc1csc(Nc2cccc(C(F)(F)F)c2)n1)N/N=C\c1cc(Br)c(OCc2ccc(Br)cc2)c(I)c1. The zero-order valence-electron chi connectivity index (χ0n) is 19.7. The summed E-state index contributed by atoms with van der Waals surface area (Å²) in [5.74, 6) is 0.322. The molecule has 3 aromatic carbocycles. The van der Waals surface area contributed by atoms with Crippen LogP contribution in [0.1, 0.15) is 22.4 Å². The number of halogens is 6. The van der Waals surface area contributed by atoms with Crippen LogP contribution in [0.4, 0.5) is 24.0 Å². The quantitative estimate of drug-likeness (QED) is 0.102. The molecule has 2 N–H and O–H groups in total. The highest BCUT2D eigenvalue weighted by Gasteiger charge is 2.30. The Bertz CT molecular complexity index is 1470. The Morgan fingerprint density at radius 1 is 1.13 bits per heavy atom. The Labute approximate surface area is 256 Å². The van der Waals surface area contributed by atoms with Crippen LogP contribution in [0, 0.1) is 3.57 Å². The number of hydrogen-bond donors (Lipinski definition) is 2. The summed E-state index contributed by atoms with van der Waals surface area (Å²) in [5.41, 5.74) is 4.21. The fourth-order valence-electron chi connectivity index (χ4n) is 3.25. The molecule has 1 heterocycles. The van der Waals surface area contributed by atoms with E-state index < -0.39 is 11.7 Å². The van der Waals surface area contributed by atoms with Crippen molar-refractivity contribution < 1.29 is 22.7 Å². The number of thiazole rings is 1. The molecular formula is C26H18Br2F3IN4O2S. The van der Waals surface area contributed by atoms with Gasteiger partial charge in [0.15, 0.2) is 5.13 Å². The van der Waals surface area contributed by atoms with Crippen molar-refractivity contribution >= 4 is 88.7 Å².